The lowest BCUT2D eigenvalue weighted by molar-refractivity contribution is 0.579. The third-order valence-electron chi connectivity index (χ3n) is 3.15. The van der Waals surface area contributed by atoms with Crippen molar-refractivity contribution >= 4 is 55.0 Å². The molecule has 0 heterocycles. The van der Waals surface area contributed by atoms with E-state index in [0.29, 0.717) is 21.7 Å². The van der Waals surface area contributed by atoms with Gasteiger partial charge in [-0.1, -0.05) is 11.6 Å². The molecule has 1 fully saturated rings. The van der Waals surface area contributed by atoms with Gasteiger partial charge in [0.25, 0.3) is 0 Å². The molecule has 1 aliphatic carbocycles. The standard InChI is InChI=1S/C11H14BrClN2O2S2/c1-18-11(2-3-11)6-15-19(16,17)9-5-7(13)4-8(14)10(9)12/h4-5,15H,2-3,6,14H2,1H3. The number of thioether (sulfide) groups is 1. The second kappa shape index (κ2) is 5.44. The Morgan fingerprint density at radius 1 is 1.53 bits per heavy atom. The minimum absolute atomic E-state index is 0.0592. The third-order valence-corrected chi connectivity index (χ3v) is 7.36. The molecule has 0 radical (unpaired) electrons. The Bertz CT molecular complexity index is 603. The molecule has 1 aromatic rings. The van der Waals surface area contributed by atoms with Gasteiger partial charge in [-0.2, -0.15) is 11.8 Å². The lowest BCUT2D eigenvalue weighted by Crippen LogP contribution is -2.32. The third kappa shape index (κ3) is 3.39. The van der Waals surface area contributed by atoms with Crippen LogP contribution in [0.3, 0.4) is 0 Å². The van der Waals surface area contributed by atoms with Crippen molar-refractivity contribution in [1.29, 1.82) is 0 Å². The Labute approximate surface area is 130 Å². The fourth-order valence-electron chi connectivity index (χ4n) is 1.68. The minimum Gasteiger partial charge on any atom is -0.398 e. The van der Waals surface area contributed by atoms with Crippen molar-refractivity contribution < 1.29 is 8.42 Å². The summed E-state index contributed by atoms with van der Waals surface area (Å²) in [5.74, 6) is 0. The Kier molecular flexibility index (Phi) is 4.42. The number of nitrogens with one attached hydrogen (secondary N) is 1. The number of rotatable bonds is 5. The van der Waals surface area contributed by atoms with Gasteiger partial charge in [-0.3, -0.25) is 0 Å². The van der Waals surface area contributed by atoms with Crippen LogP contribution in [0.5, 0.6) is 0 Å². The van der Waals surface area contributed by atoms with Crippen molar-refractivity contribution in [3.8, 4) is 0 Å². The van der Waals surface area contributed by atoms with E-state index >= 15 is 0 Å². The molecule has 19 heavy (non-hydrogen) atoms. The quantitative estimate of drug-likeness (QED) is 0.765. The van der Waals surface area contributed by atoms with E-state index in [1.165, 1.54) is 12.1 Å². The zero-order valence-corrected chi connectivity index (χ0v) is 14.2. The van der Waals surface area contributed by atoms with E-state index in [0.717, 1.165) is 12.8 Å². The summed E-state index contributed by atoms with van der Waals surface area (Å²) in [5, 5.41) is 0.298. The predicted molar refractivity (Wildman–Crippen MR) is 84.2 cm³/mol. The van der Waals surface area contributed by atoms with Crippen LogP contribution in [0.1, 0.15) is 12.8 Å². The van der Waals surface area contributed by atoms with Crippen LogP contribution in [0.25, 0.3) is 0 Å². The summed E-state index contributed by atoms with van der Waals surface area (Å²) in [6.07, 6.45) is 4.07. The molecule has 0 aromatic heterocycles. The van der Waals surface area contributed by atoms with Crippen LogP contribution in [0.2, 0.25) is 5.02 Å². The SMILES string of the molecule is CSC1(CNS(=O)(=O)c2cc(Cl)cc(N)c2Br)CC1. The van der Waals surface area contributed by atoms with Gasteiger partial charge in [0.1, 0.15) is 0 Å². The first-order valence-electron chi connectivity index (χ1n) is 5.59. The van der Waals surface area contributed by atoms with Crippen molar-refractivity contribution in [3.63, 3.8) is 0 Å². The fraction of sp³-hybridized carbons (Fsp3) is 0.455. The highest BCUT2D eigenvalue weighted by molar-refractivity contribution is 9.10. The molecule has 1 aliphatic rings. The molecule has 0 spiro atoms. The average molecular weight is 386 g/mol. The number of hydrogen-bond donors (Lipinski definition) is 2. The topological polar surface area (TPSA) is 72.2 Å². The van der Waals surface area contributed by atoms with Crippen molar-refractivity contribution in [2.24, 2.45) is 0 Å². The summed E-state index contributed by atoms with van der Waals surface area (Å²) in [4.78, 5) is 0.0782. The van der Waals surface area contributed by atoms with Gasteiger partial charge in [-0.05, 0) is 47.2 Å². The summed E-state index contributed by atoms with van der Waals surface area (Å²) in [7, 11) is -3.61. The number of nitrogen functional groups attached to an aromatic ring is 1. The fourth-order valence-corrected chi connectivity index (χ4v) is 4.91. The highest BCUT2D eigenvalue weighted by Gasteiger charge is 2.42. The lowest BCUT2D eigenvalue weighted by Gasteiger charge is -2.15. The minimum atomic E-state index is -3.61. The number of benzene rings is 1. The maximum atomic E-state index is 12.3. The van der Waals surface area contributed by atoms with Crippen LogP contribution in [0.4, 0.5) is 5.69 Å². The number of halogens is 2. The number of anilines is 1. The lowest BCUT2D eigenvalue weighted by atomic mass is 10.3. The second-order valence-electron chi connectivity index (χ2n) is 4.52. The molecule has 0 unspecified atom stereocenters. The summed E-state index contributed by atoms with van der Waals surface area (Å²) >= 11 is 10.8. The zero-order valence-electron chi connectivity index (χ0n) is 10.2. The Balaban J connectivity index is 2.25. The zero-order chi connectivity index (χ0) is 14.3. The molecule has 0 aliphatic heterocycles. The van der Waals surface area contributed by atoms with Crippen molar-refractivity contribution in [2.45, 2.75) is 22.5 Å². The molecule has 0 bridgehead atoms. The largest absolute Gasteiger partial charge is 0.398 e. The van der Waals surface area contributed by atoms with E-state index in [2.05, 4.69) is 20.7 Å². The van der Waals surface area contributed by atoms with E-state index in [-0.39, 0.29) is 9.64 Å². The molecule has 1 saturated carbocycles. The van der Waals surface area contributed by atoms with Gasteiger partial charge >= 0.3 is 0 Å². The second-order valence-corrected chi connectivity index (χ2v) is 8.76. The van der Waals surface area contributed by atoms with E-state index < -0.39 is 10.0 Å². The molecule has 0 saturated heterocycles. The van der Waals surface area contributed by atoms with Crippen LogP contribution in [0.15, 0.2) is 21.5 Å². The molecular formula is C11H14BrClN2O2S2. The van der Waals surface area contributed by atoms with Gasteiger partial charge in [0.15, 0.2) is 0 Å². The van der Waals surface area contributed by atoms with E-state index in [1.54, 1.807) is 11.8 Å². The molecular weight excluding hydrogens is 372 g/mol. The van der Waals surface area contributed by atoms with Gasteiger partial charge in [0, 0.05) is 22.0 Å². The molecule has 1 aromatic carbocycles. The van der Waals surface area contributed by atoms with Gasteiger partial charge < -0.3 is 5.73 Å². The van der Waals surface area contributed by atoms with Crippen molar-refractivity contribution in [3.05, 3.63) is 21.6 Å². The number of nitrogens with two attached hydrogens (primary N) is 1. The first-order chi connectivity index (χ1) is 8.80. The maximum Gasteiger partial charge on any atom is 0.241 e. The molecule has 3 N–H and O–H groups in total. The summed E-state index contributed by atoms with van der Waals surface area (Å²) in [6.45, 7) is 0.426. The summed E-state index contributed by atoms with van der Waals surface area (Å²) in [5.41, 5.74) is 6.02. The Morgan fingerprint density at radius 2 is 2.16 bits per heavy atom. The highest BCUT2D eigenvalue weighted by atomic mass is 79.9. The van der Waals surface area contributed by atoms with Gasteiger partial charge in [0.05, 0.1) is 9.37 Å². The molecule has 0 amide bonds. The van der Waals surface area contributed by atoms with Crippen LogP contribution in [0, 0.1) is 0 Å². The van der Waals surface area contributed by atoms with Crippen LogP contribution in [-0.2, 0) is 10.0 Å². The predicted octanol–water partition coefficient (Wildman–Crippen LogP) is 2.86. The van der Waals surface area contributed by atoms with Gasteiger partial charge in [-0.15, -0.1) is 0 Å². The van der Waals surface area contributed by atoms with Crippen LogP contribution >= 0.6 is 39.3 Å². The van der Waals surface area contributed by atoms with E-state index in [1.807, 2.05) is 6.26 Å². The summed E-state index contributed by atoms with van der Waals surface area (Å²) < 4.78 is 27.6. The van der Waals surface area contributed by atoms with E-state index in [4.69, 9.17) is 17.3 Å². The Morgan fingerprint density at radius 3 is 2.68 bits per heavy atom. The molecule has 4 nitrogen and oxygen atoms in total. The van der Waals surface area contributed by atoms with E-state index in [9.17, 15) is 8.42 Å². The molecule has 106 valence electrons. The van der Waals surface area contributed by atoms with Crippen LogP contribution < -0.4 is 10.5 Å². The average Bonchev–Trinajstić information content (AvgIpc) is 3.12. The highest BCUT2D eigenvalue weighted by Crippen LogP contribution is 2.46. The summed E-state index contributed by atoms with van der Waals surface area (Å²) in [6, 6.07) is 2.90. The first-order valence-corrected chi connectivity index (χ1v) is 9.47. The molecule has 2 rings (SSSR count). The monoisotopic (exact) mass is 384 g/mol. The molecule has 8 heteroatoms. The van der Waals surface area contributed by atoms with Crippen molar-refractivity contribution in [1.82, 2.24) is 4.72 Å². The van der Waals surface area contributed by atoms with Crippen molar-refractivity contribution in [2.75, 3.05) is 18.5 Å². The first kappa shape index (κ1) is 15.4. The normalized spacial score (nSPS) is 17.4. The number of hydrogen-bond acceptors (Lipinski definition) is 4. The van der Waals surface area contributed by atoms with Crippen LogP contribution in [-0.4, -0.2) is 26.0 Å². The number of sulfonamides is 1. The maximum absolute atomic E-state index is 12.3. The van der Waals surface area contributed by atoms with Gasteiger partial charge in [-0.25, -0.2) is 13.1 Å². The molecule has 0 atom stereocenters. The Hall–Kier alpha value is 0.0500. The smallest absolute Gasteiger partial charge is 0.241 e. The van der Waals surface area contributed by atoms with Gasteiger partial charge in [0.2, 0.25) is 10.0 Å².